The molecule has 31 heavy (non-hydrogen) atoms. The van der Waals surface area contributed by atoms with Gasteiger partial charge < -0.3 is 0 Å². The highest BCUT2D eigenvalue weighted by Gasteiger charge is 2.18. The van der Waals surface area contributed by atoms with E-state index in [-0.39, 0.29) is 5.78 Å². The fraction of sp³-hybridized carbons (Fsp3) is 0.192. The quantitative estimate of drug-likeness (QED) is 0.290. The first-order valence-electron chi connectivity index (χ1n) is 10.6. The lowest BCUT2D eigenvalue weighted by Crippen LogP contribution is -2.08. The zero-order valence-electron chi connectivity index (χ0n) is 17.2. The van der Waals surface area contributed by atoms with E-state index < -0.39 is 0 Å². The summed E-state index contributed by atoms with van der Waals surface area (Å²) in [5, 5.41) is 9.60. The van der Waals surface area contributed by atoms with Crippen LogP contribution in [0.5, 0.6) is 0 Å². The van der Waals surface area contributed by atoms with Gasteiger partial charge in [-0.3, -0.25) is 9.36 Å². The third kappa shape index (κ3) is 4.19. The molecule has 1 aliphatic carbocycles. The van der Waals surface area contributed by atoms with Crippen LogP contribution in [0.4, 0.5) is 0 Å². The fourth-order valence-corrected chi connectivity index (χ4v) is 4.91. The normalized spacial score (nSPS) is 13.0. The number of fused-ring (bicyclic) bond motifs is 1. The second kappa shape index (κ2) is 8.90. The van der Waals surface area contributed by atoms with Crippen LogP contribution < -0.4 is 0 Å². The number of rotatable bonds is 6. The molecule has 3 aromatic carbocycles. The molecule has 1 aromatic heterocycles. The summed E-state index contributed by atoms with van der Waals surface area (Å²) >= 11 is 1.44. The van der Waals surface area contributed by atoms with Crippen molar-refractivity contribution in [3.63, 3.8) is 0 Å². The van der Waals surface area contributed by atoms with Crippen molar-refractivity contribution in [2.24, 2.45) is 0 Å². The molecule has 0 aliphatic heterocycles. The lowest BCUT2D eigenvalue weighted by atomic mass is 9.90. The molecule has 1 aliphatic rings. The number of para-hydroxylation sites is 1. The maximum Gasteiger partial charge on any atom is 0.196 e. The Kier molecular flexibility index (Phi) is 5.67. The predicted octanol–water partition coefficient (Wildman–Crippen LogP) is 5.79. The largest absolute Gasteiger partial charge is 0.293 e. The molecule has 0 atom stereocenters. The van der Waals surface area contributed by atoms with Crippen LogP contribution in [0.2, 0.25) is 0 Å². The second-order valence-corrected chi connectivity index (χ2v) is 8.69. The van der Waals surface area contributed by atoms with E-state index in [9.17, 15) is 4.79 Å². The van der Waals surface area contributed by atoms with Crippen LogP contribution in [0.25, 0.3) is 17.1 Å². The molecule has 0 saturated carbocycles. The minimum Gasteiger partial charge on any atom is -0.293 e. The van der Waals surface area contributed by atoms with Crippen LogP contribution in [-0.2, 0) is 12.8 Å². The third-order valence-electron chi connectivity index (χ3n) is 5.68. The van der Waals surface area contributed by atoms with Crippen LogP contribution in [0, 0.1) is 0 Å². The molecule has 0 amide bonds. The van der Waals surface area contributed by atoms with Gasteiger partial charge in [0, 0.05) is 16.8 Å². The van der Waals surface area contributed by atoms with Crippen molar-refractivity contribution in [3.8, 4) is 17.1 Å². The summed E-state index contributed by atoms with van der Waals surface area (Å²) in [5.41, 5.74) is 5.50. The summed E-state index contributed by atoms with van der Waals surface area (Å²) in [6, 6.07) is 26.3. The number of thioether (sulfide) groups is 1. The van der Waals surface area contributed by atoms with Crippen LogP contribution in [0.3, 0.4) is 0 Å². The van der Waals surface area contributed by atoms with E-state index in [1.807, 2.05) is 71.3 Å². The Balaban J connectivity index is 1.42. The summed E-state index contributed by atoms with van der Waals surface area (Å²) in [6.07, 6.45) is 4.66. The van der Waals surface area contributed by atoms with E-state index in [1.165, 1.54) is 35.7 Å². The highest BCUT2D eigenvalue weighted by molar-refractivity contribution is 7.99. The smallest absolute Gasteiger partial charge is 0.196 e. The number of Topliss-reactive ketones (excluding diaryl/α,β-unsaturated/α-hetero) is 1. The van der Waals surface area contributed by atoms with Gasteiger partial charge in [0.15, 0.2) is 16.8 Å². The molecule has 0 spiro atoms. The molecule has 5 heteroatoms. The standard InChI is InChI=1S/C26H23N3OS/c30-24(22-16-15-19-9-7-8-12-21(19)17-22)18-31-26-28-27-25(20-10-3-1-4-11-20)29(26)23-13-5-2-6-14-23/h1-6,10-11,13-17H,7-9,12,18H2. The lowest BCUT2D eigenvalue weighted by molar-refractivity contribution is 0.102. The number of hydrogen-bond donors (Lipinski definition) is 0. The molecule has 0 N–H and O–H groups in total. The fourth-order valence-electron chi connectivity index (χ4n) is 4.07. The summed E-state index contributed by atoms with van der Waals surface area (Å²) in [4.78, 5) is 13.0. The van der Waals surface area contributed by atoms with Gasteiger partial charge in [-0.05, 0) is 55.0 Å². The number of hydrogen-bond acceptors (Lipinski definition) is 4. The van der Waals surface area contributed by atoms with Gasteiger partial charge >= 0.3 is 0 Å². The van der Waals surface area contributed by atoms with Crippen molar-refractivity contribution in [2.75, 3.05) is 5.75 Å². The number of ketones is 1. The summed E-state index contributed by atoms with van der Waals surface area (Å²) < 4.78 is 2.03. The van der Waals surface area contributed by atoms with Gasteiger partial charge in [0.05, 0.1) is 5.75 Å². The highest BCUT2D eigenvalue weighted by Crippen LogP contribution is 2.29. The number of aryl methyl sites for hydroxylation is 2. The van der Waals surface area contributed by atoms with Gasteiger partial charge in [-0.25, -0.2) is 0 Å². The zero-order chi connectivity index (χ0) is 21.0. The van der Waals surface area contributed by atoms with Gasteiger partial charge in [0.1, 0.15) is 0 Å². The van der Waals surface area contributed by atoms with Gasteiger partial charge in [0.2, 0.25) is 0 Å². The minimum atomic E-state index is 0.127. The molecule has 0 unspecified atom stereocenters. The first-order chi connectivity index (χ1) is 15.3. The van der Waals surface area contributed by atoms with Crippen molar-refractivity contribution < 1.29 is 4.79 Å². The highest BCUT2D eigenvalue weighted by atomic mass is 32.2. The van der Waals surface area contributed by atoms with Crippen molar-refractivity contribution >= 4 is 17.5 Å². The molecular weight excluding hydrogens is 402 g/mol. The molecule has 0 fully saturated rings. The lowest BCUT2D eigenvalue weighted by Gasteiger charge is -2.16. The van der Waals surface area contributed by atoms with E-state index in [0.29, 0.717) is 5.75 Å². The van der Waals surface area contributed by atoms with Crippen LogP contribution in [-0.4, -0.2) is 26.3 Å². The van der Waals surface area contributed by atoms with Crippen LogP contribution >= 0.6 is 11.8 Å². The summed E-state index contributed by atoms with van der Waals surface area (Å²) in [5.74, 6) is 1.23. The number of aromatic nitrogens is 3. The van der Waals surface area contributed by atoms with Gasteiger partial charge in [0.25, 0.3) is 0 Å². The Hall–Kier alpha value is -3.18. The molecule has 0 saturated heterocycles. The van der Waals surface area contributed by atoms with Gasteiger partial charge in [-0.2, -0.15) is 0 Å². The molecular formula is C26H23N3OS. The third-order valence-corrected chi connectivity index (χ3v) is 6.61. The maximum absolute atomic E-state index is 13.0. The Morgan fingerprint density at radius 1 is 0.839 bits per heavy atom. The van der Waals surface area contributed by atoms with Gasteiger partial charge in [-0.1, -0.05) is 72.4 Å². The molecule has 4 nitrogen and oxygen atoms in total. The van der Waals surface area contributed by atoms with Gasteiger partial charge in [-0.15, -0.1) is 10.2 Å². The predicted molar refractivity (Wildman–Crippen MR) is 125 cm³/mol. The van der Waals surface area contributed by atoms with Crippen molar-refractivity contribution in [1.82, 2.24) is 14.8 Å². The first kappa shape index (κ1) is 19.8. The molecule has 154 valence electrons. The van der Waals surface area contributed by atoms with E-state index in [4.69, 9.17) is 0 Å². The Morgan fingerprint density at radius 2 is 1.55 bits per heavy atom. The number of carbonyl (C=O) groups is 1. The van der Waals surface area contributed by atoms with Crippen LogP contribution in [0.1, 0.15) is 34.3 Å². The van der Waals surface area contributed by atoms with Crippen molar-refractivity contribution in [2.45, 2.75) is 30.8 Å². The molecule has 0 radical (unpaired) electrons. The van der Waals surface area contributed by atoms with Crippen molar-refractivity contribution in [1.29, 1.82) is 0 Å². The Morgan fingerprint density at radius 3 is 2.32 bits per heavy atom. The molecule has 5 rings (SSSR count). The molecule has 1 heterocycles. The number of nitrogens with zero attached hydrogens (tertiary/aromatic N) is 3. The minimum absolute atomic E-state index is 0.127. The van der Waals surface area contributed by atoms with E-state index >= 15 is 0 Å². The van der Waals surface area contributed by atoms with E-state index in [0.717, 1.165) is 40.6 Å². The van der Waals surface area contributed by atoms with Crippen molar-refractivity contribution in [3.05, 3.63) is 95.6 Å². The molecule has 0 bridgehead atoms. The number of benzene rings is 3. The molecule has 4 aromatic rings. The average molecular weight is 426 g/mol. The van der Waals surface area contributed by atoms with E-state index in [1.54, 1.807) is 0 Å². The average Bonchev–Trinajstić information content (AvgIpc) is 3.27. The number of carbonyl (C=O) groups excluding carboxylic acids is 1. The topological polar surface area (TPSA) is 47.8 Å². The van der Waals surface area contributed by atoms with Crippen LogP contribution in [0.15, 0.2) is 84.0 Å². The Bertz CT molecular complexity index is 1200. The maximum atomic E-state index is 13.0. The Labute approximate surface area is 186 Å². The SMILES string of the molecule is O=C(CSc1nnc(-c2ccccc2)n1-c1ccccc1)c1ccc2c(c1)CCCC2. The first-order valence-corrected chi connectivity index (χ1v) is 11.6. The zero-order valence-corrected chi connectivity index (χ0v) is 18.0. The monoisotopic (exact) mass is 425 g/mol. The summed E-state index contributed by atoms with van der Waals surface area (Å²) in [6.45, 7) is 0. The van der Waals surface area contributed by atoms with E-state index in [2.05, 4.69) is 22.3 Å². The summed E-state index contributed by atoms with van der Waals surface area (Å²) in [7, 11) is 0. The second-order valence-electron chi connectivity index (χ2n) is 7.75.